The first-order valence-electron chi connectivity index (χ1n) is 6.23. The van der Waals surface area contributed by atoms with Crippen LogP contribution in [0.25, 0.3) is 0 Å². The Balaban J connectivity index is 1.84. The number of aliphatic imine (C=N–C) groups is 1. The van der Waals surface area contributed by atoms with Gasteiger partial charge in [-0.05, 0) is 18.2 Å². The highest BCUT2D eigenvalue weighted by molar-refractivity contribution is 5.99. The first-order valence-corrected chi connectivity index (χ1v) is 6.23. The third kappa shape index (κ3) is 2.76. The minimum Gasteiger partial charge on any atom is -0.483 e. The van der Waals surface area contributed by atoms with Gasteiger partial charge in [-0.15, -0.1) is 0 Å². The van der Waals surface area contributed by atoms with Crippen molar-refractivity contribution in [3.05, 3.63) is 52.6 Å². The van der Waals surface area contributed by atoms with E-state index in [0.717, 1.165) is 0 Å². The third-order valence-electron chi connectivity index (χ3n) is 2.95. The predicted molar refractivity (Wildman–Crippen MR) is 80.2 cm³/mol. The van der Waals surface area contributed by atoms with Crippen LogP contribution in [0.3, 0.4) is 0 Å². The number of nitrogens with two attached hydrogens (primary N) is 1. The molecule has 0 bridgehead atoms. The summed E-state index contributed by atoms with van der Waals surface area (Å²) < 4.78 is 5.56. The van der Waals surface area contributed by atoms with E-state index in [0.29, 0.717) is 28.6 Å². The van der Waals surface area contributed by atoms with E-state index in [2.05, 4.69) is 10.3 Å². The summed E-state index contributed by atoms with van der Waals surface area (Å²) >= 11 is 0. The Morgan fingerprint density at radius 3 is 2.95 bits per heavy atom. The lowest BCUT2D eigenvalue weighted by Crippen LogP contribution is -2.23. The molecule has 1 aliphatic rings. The smallest absolute Gasteiger partial charge is 0.271 e. The average Bonchev–Trinajstić information content (AvgIpc) is 2.48. The Labute approximate surface area is 120 Å². The second-order valence-corrected chi connectivity index (χ2v) is 4.51. The summed E-state index contributed by atoms with van der Waals surface area (Å²) in [5, 5.41) is 13.8. The normalized spacial score (nSPS) is 12.9. The molecule has 0 fully saturated rings. The first-order chi connectivity index (χ1) is 10.1. The van der Waals surface area contributed by atoms with Gasteiger partial charge in [0.25, 0.3) is 5.69 Å². The summed E-state index contributed by atoms with van der Waals surface area (Å²) in [6, 6.07) is 11.4. The predicted octanol–water partition coefficient (Wildman–Crippen LogP) is 2.71. The SMILES string of the molecule is Nc1ccc2c(c1)OCC(Nc1cccc([N+](=O)[O-])c1)=N2. The summed E-state index contributed by atoms with van der Waals surface area (Å²) in [4.78, 5) is 14.7. The van der Waals surface area contributed by atoms with Crippen LogP contribution in [0.15, 0.2) is 47.5 Å². The average molecular weight is 284 g/mol. The molecule has 0 saturated carbocycles. The Bertz CT molecular complexity index is 743. The number of anilines is 2. The Hall–Kier alpha value is -3.09. The van der Waals surface area contributed by atoms with Gasteiger partial charge in [-0.3, -0.25) is 10.1 Å². The number of non-ortho nitro benzene ring substituents is 1. The van der Waals surface area contributed by atoms with Gasteiger partial charge < -0.3 is 15.8 Å². The van der Waals surface area contributed by atoms with Crippen LogP contribution in [0.4, 0.5) is 22.7 Å². The molecule has 0 unspecified atom stereocenters. The maximum atomic E-state index is 10.8. The number of hydrogen-bond donors (Lipinski definition) is 2. The van der Waals surface area contributed by atoms with Crippen molar-refractivity contribution >= 4 is 28.6 Å². The number of hydrogen-bond acceptors (Lipinski definition) is 6. The zero-order chi connectivity index (χ0) is 14.8. The summed E-state index contributed by atoms with van der Waals surface area (Å²) in [6.45, 7) is 0.249. The summed E-state index contributed by atoms with van der Waals surface area (Å²) in [5.41, 5.74) is 7.56. The molecule has 21 heavy (non-hydrogen) atoms. The second kappa shape index (κ2) is 5.12. The van der Waals surface area contributed by atoms with Crippen LogP contribution in [0, 0.1) is 10.1 Å². The van der Waals surface area contributed by atoms with Crippen LogP contribution in [0.1, 0.15) is 0 Å². The minimum atomic E-state index is -0.442. The zero-order valence-electron chi connectivity index (χ0n) is 10.9. The topological polar surface area (TPSA) is 103 Å². The quantitative estimate of drug-likeness (QED) is 0.501. The number of nitro benzene ring substituents is 1. The lowest BCUT2D eigenvalue weighted by Gasteiger charge is -2.18. The monoisotopic (exact) mass is 284 g/mol. The van der Waals surface area contributed by atoms with Crippen LogP contribution in [0.2, 0.25) is 0 Å². The van der Waals surface area contributed by atoms with Gasteiger partial charge in [0.15, 0.2) is 0 Å². The van der Waals surface area contributed by atoms with Crippen molar-refractivity contribution in [1.29, 1.82) is 0 Å². The van der Waals surface area contributed by atoms with Gasteiger partial charge in [0, 0.05) is 29.6 Å². The maximum Gasteiger partial charge on any atom is 0.271 e. The van der Waals surface area contributed by atoms with Gasteiger partial charge in [0.05, 0.1) is 4.92 Å². The number of nitrogens with zero attached hydrogens (tertiary/aromatic N) is 2. The van der Waals surface area contributed by atoms with E-state index in [9.17, 15) is 10.1 Å². The van der Waals surface area contributed by atoms with E-state index >= 15 is 0 Å². The van der Waals surface area contributed by atoms with Crippen LogP contribution in [0.5, 0.6) is 5.75 Å². The van der Waals surface area contributed by atoms with Crippen molar-refractivity contribution < 1.29 is 9.66 Å². The van der Waals surface area contributed by atoms with Crippen LogP contribution < -0.4 is 15.8 Å². The zero-order valence-corrected chi connectivity index (χ0v) is 10.9. The van der Waals surface area contributed by atoms with E-state index < -0.39 is 4.92 Å². The highest BCUT2D eigenvalue weighted by Crippen LogP contribution is 2.32. The molecule has 7 nitrogen and oxygen atoms in total. The standard InChI is InChI=1S/C14H12N4O3/c15-9-4-5-12-13(6-9)21-8-14(17-12)16-10-2-1-3-11(7-10)18(19)20/h1-7H,8,15H2,(H,16,17). The van der Waals surface area contributed by atoms with Crippen molar-refractivity contribution in [3.8, 4) is 5.75 Å². The third-order valence-corrected chi connectivity index (χ3v) is 2.95. The molecular formula is C14H12N4O3. The summed E-state index contributed by atoms with van der Waals surface area (Å²) in [5.74, 6) is 1.20. The molecule has 106 valence electrons. The van der Waals surface area contributed by atoms with Crippen LogP contribution >= 0.6 is 0 Å². The molecule has 3 N–H and O–H groups in total. The van der Waals surface area contributed by atoms with Gasteiger partial charge in [-0.25, -0.2) is 4.99 Å². The highest BCUT2D eigenvalue weighted by Gasteiger charge is 2.14. The van der Waals surface area contributed by atoms with Crippen LogP contribution in [-0.2, 0) is 0 Å². The number of fused-ring (bicyclic) bond motifs is 1. The Morgan fingerprint density at radius 1 is 1.29 bits per heavy atom. The second-order valence-electron chi connectivity index (χ2n) is 4.51. The van der Waals surface area contributed by atoms with Crippen molar-refractivity contribution in [2.75, 3.05) is 17.7 Å². The maximum absolute atomic E-state index is 10.8. The molecule has 1 heterocycles. The molecule has 2 aromatic carbocycles. The van der Waals surface area contributed by atoms with Crippen LogP contribution in [-0.4, -0.2) is 17.4 Å². The van der Waals surface area contributed by atoms with Gasteiger partial charge in [-0.2, -0.15) is 0 Å². The molecule has 2 aromatic rings. The first kappa shape index (κ1) is 12.9. The lowest BCUT2D eigenvalue weighted by atomic mass is 10.2. The van der Waals surface area contributed by atoms with Crippen molar-refractivity contribution in [1.82, 2.24) is 0 Å². The van der Waals surface area contributed by atoms with Gasteiger partial charge in [-0.1, -0.05) is 6.07 Å². The molecule has 0 aliphatic carbocycles. The molecule has 7 heteroatoms. The molecule has 0 spiro atoms. The highest BCUT2D eigenvalue weighted by atomic mass is 16.6. The Morgan fingerprint density at radius 2 is 2.14 bits per heavy atom. The molecule has 3 rings (SSSR count). The molecule has 0 aromatic heterocycles. The molecular weight excluding hydrogens is 272 g/mol. The van der Waals surface area contributed by atoms with Crippen molar-refractivity contribution in [2.24, 2.45) is 4.99 Å². The number of nitro groups is 1. The fraction of sp³-hybridized carbons (Fsp3) is 0.0714. The molecule has 0 saturated heterocycles. The number of nitrogen functional groups attached to an aromatic ring is 1. The number of amidine groups is 1. The number of rotatable bonds is 2. The van der Waals surface area contributed by atoms with Crippen molar-refractivity contribution in [3.63, 3.8) is 0 Å². The molecule has 1 aliphatic heterocycles. The number of benzene rings is 2. The summed E-state index contributed by atoms with van der Waals surface area (Å²) in [7, 11) is 0. The number of ether oxygens (including phenoxy) is 1. The largest absolute Gasteiger partial charge is 0.483 e. The van der Waals surface area contributed by atoms with E-state index in [-0.39, 0.29) is 12.3 Å². The number of nitrogens with one attached hydrogen (secondary N) is 1. The lowest BCUT2D eigenvalue weighted by molar-refractivity contribution is -0.384. The molecule has 0 atom stereocenters. The van der Waals surface area contributed by atoms with E-state index in [1.54, 1.807) is 30.3 Å². The molecule has 0 radical (unpaired) electrons. The minimum absolute atomic E-state index is 0.0190. The van der Waals surface area contributed by atoms with Gasteiger partial charge in [0.1, 0.15) is 23.9 Å². The van der Waals surface area contributed by atoms with E-state index in [1.807, 2.05) is 0 Å². The van der Waals surface area contributed by atoms with Gasteiger partial charge in [0.2, 0.25) is 0 Å². The van der Waals surface area contributed by atoms with E-state index in [4.69, 9.17) is 10.5 Å². The summed E-state index contributed by atoms with van der Waals surface area (Å²) in [6.07, 6.45) is 0. The Kier molecular flexibility index (Phi) is 3.15. The van der Waals surface area contributed by atoms with Crippen molar-refractivity contribution in [2.45, 2.75) is 0 Å². The van der Waals surface area contributed by atoms with E-state index in [1.165, 1.54) is 12.1 Å². The molecule has 0 amide bonds. The fourth-order valence-corrected chi connectivity index (χ4v) is 1.99. The fourth-order valence-electron chi connectivity index (χ4n) is 1.99. The van der Waals surface area contributed by atoms with Gasteiger partial charge >= 0.3 is 0 Å².